The molecule has 0 aliphatic heterocycles. The highest BCUT2D eigenvalue weighted by atomic mass is 32.2. The average molecular weight is 446 g/mol. The fraction of sp³-hybridized carbons (Fsp3) is 0.318. The summed E-state index contributed by atoms with van der Waals surface area (Å²) >= 11 is 0. The van der Waals surface area contributed by atoms with E-state index in [-0.39, 0.29) is 11.4 Å². The molecule has 0 N–H and O–H groups in total. The number of hydrogen-bond acceptors (Lipinski definition) is 6. The van der Waals surface area contributed by atoms with Gasteiger partial charge in [-0.25, -0.2) is 8.42 Å². The van der Waals surface area contributed by atoms with Gasteiger partial charge in [0.25, 0.3) is 0 Å². The lowest BCUT2D eigenvalue weighted by molar-refractivity contribution is 0.354. The number of rotatable bonds is 10. The van der Waals surface area contributed by atoms with Crippen LogP contribution in [0.3, 0.4) is 0 Å². The first-order valence-electron chi connectivity index (χ1n) is 9.70. The Morgan fingerprint density at radius 1 is 0.935 bits per heavy atom. The maximum atomic E-state index is 13.4. The van der Waals surface area contributed by atoms with Crippen LogP contribution in [0.1, 0.15) is 11.1 Å². The third-order valence-corrected chi connectivity index (χ3v) is 6.77. The molecule has 2 aromatic carbocycles. The van der Waals surface area contributed by atoms with E-state index >= 15 is 0 Å². The van der Waals surface area contributed by atoms with Crippen LogP contribution < -0.4 is 14.2 Å². The van der Waals surface area contributed by atoms with Crippen LogP contribution in [0.2, 0.25) is 0 Å². The van der Waals surface area contributed by atoms with Crippen LogP contribution >= 0.6 is 0 Å². The molecule has 3 aromatic rings. The first-order valence-corrected chi connectivity index (χ1v) is 11.1. The largest absolute Gasteiger partial charge is 0.497 e. The topological polar surface area (TPSA) is 82.9 Å². The number of hydrogen-bond donors (Lipinski definition) is 0. The highest BCUT2D eigenvalue weighted by Gasteiger charge is 2.25. The van der Waals surface area contributed by atoms with E-state index in [0.29, 0.717) is 30.2 Å². The van der Waals surface area contributed by atoms with Crippen molar-refractivity contribution >= 4 is 10.0 Å². The van der Waals surface area contributed by atoms with E-state index in [1.807, 2.05) is 24.4 Å². The molecule has 0 bridgehead atoms. The van der Waals surface area contributed by atoms with Crippen LogP contribution in [0, 0.1) is 0 Å². The highest BCUT2D eigenvalue weighted by Crippen LogP contribution is 2.28. The molecule has 3 rings (SSSR count). The fourth-order valence-electron chi connectivity index (χ4n) is 3.23. The van der Waals surface area contributed by atoms with E-state index in [4.69, 9.17) is 14.2 Å². The van der Waals surface area contributed by atoms with Gasteiger partial charge in [-0.2, -0.15) is 9.40 Å². The molecular weight excluding hydrogens is 418 g/mol. The van der Waals surface area contributed by atoms with Crippen molar-refractivity contribution in [3.63, 3.8) is 0 Å². The Balaban J connectivity index is 1.87. The zero-order chi connectivity index (χ0) is 22.4. The Morgan fingerprint density at radius 2 is 1.65 bits per heavy atom. The number of sulfonamides is 1. The molecule has 8 nitrogen and oxygen atoms in total. The molecule has 0 amide bonds. The number of aromatic nitrogens is 2. The fourth-order valence-corrected chi connectivity index (χ4v) is 4.66. The van der Waals surface area contributed by atoms with E-state index in [1.54, 1.807) is 63.5 Å². The van der Waals surface area contributed by atoms with Crippen LogP contribution in [-0.2, 0) is 30.0 Å². The van der Waals surface area contributed by atoms with Gasteiger partial charge < -0.3 is 14.2 Å². The molecule has 9 heteroatoms. The van der Waals surface area contributed by atoms with E-state index < -0.39 is 10.0 Å². The van der Waals surface area contributed by atoms with Crippen molar-refractivity contribution in [3.8, 4) is 17.2 Å². The average Bonchev–Trinajstić information content (AvgIpc) is 3.20. The monoisotopic (exact) mass is 445 g/mol. The van der Waals surface area contributed by atoms with Crippen LogP contribution in [0.15, 0.2) is 59.8 Å². The molecule has 0 atom stereocenters. The Hall–Kier alpha value is -3.04. The Labute approximate surface area is 183 Å². The lowest BCUT2D eigenvalue weighted by atomic mass is 10.1. The van der Waals surface area contributed by atoms with E-state index in [2.05, 4.69) is 5.10 Å². The van der Waals surface area contributed by atoms with Gasteiger partial charge in [-0.15, -0.1) is 0 Å². The molecule has 166 valence electrons. The summed E-state index contributed by atoms with van der Waals surface area (Å²) in [6.07, 6.45) is 4.00. The van der Waals surface area contributed by atoms with Gasteiger partial charge in [0.15, 0.2) is 11.5 Å². The van der Waals surface area contributed by atoms with Gasteiger partial charge in [0, 0.05) is 31.9 Å². The summed E-state index contributed by atoms with van der Waals surface area (Å²) in [7, 11) is 2.77. The molecule has 31 heavy (non-hydrogen) atoms. The van der Waals surface area contributed by atoms with Crippen molar-refractivity contribution in [2.45, 2.75) is 17.9 Å². The summed E-state index contributed by atoms with van der Waals surface area (Å²) in [4.78, 5) is 0.213. The maximum Gasteiger partial charge on any atom is 0.243 e. The molecule has 0 unspecified atom stereocenters. The van der Waals surface area contributed by atoms with Crippen molar-refractivity contribution < 1.29 is 22.6 Å². The molecule has 0 radical (unpaired) electrons. The van der Waals surface area contributed by atoms with Crippen molar-refractivity contribution in [2.24, 2.45) is 7.05 Å². The quantitative estimate of drug-likeness (QED) is 0.477. The molecular formula is C22H27N3O5S. The van der Waals surface area contributed by atoms with Gasteiger partial charge in [0.1, 0.15) is 5.75 Å². The number of benzene rings is 2. The summed E-state index contributed by atoms with van der Waals surface area (Å²) in [6, 6.07) is 12.0. The summed E-state index contributed by atoms with van der Waals surface area (Å²) < 4.78 is 45.7. The number of aryl methyl sites for hydroxylation is 1. The van der Waals surface area contributed by atoms with E-state index in [9.17, 15) is 8.42 Å². The minimum absolute atomic E-state index is 0.213. The second-order valence-corrected chi connectivity index (χ2v) is 8.91. The first kappa shape index (κ1) is 22.6. The number of nitrogens with zero attached hydrogens (tertiary/aromatic N) is 3. The molecule has 0 spiro atoms. The minimum Gasteiger partial charge on any atom is -0.497 e. The normalized spacial score (nSPS) is 11.5. The number of ether oxygens (including phenoxy) is 3. The SMILES string of the molecule is COc1ccc(S(=O)(=O)N(CCc2ccc(OC)c(OC)c2)Cc2cnn(C)c2)cc1. The summed E-state index contributed by atoms with van der Waals surface area (Å²) in [5.74, 6) is 1.84. The summed E-state index contributed by atoms with van der Waals surface area (Å²) in [6.45, 7) is 0.508. The minimum atomic E-state index is -3.73. The zero-order valence-corrected chi connectivity index (χ0v) is 18.9. The van der Waals surface area contributed by atoms with Crippen LogP contribution in [-0.4, -0.2) is 50.4 Å². The van der Waals surface area contributed by atoms with Gasteiger partial charge in [0.2, 0.25) is 10.0 Å². The van der Waals surface area contributed by atoms with Gasteiger partial charge in [0.05, 0.1) is 32.4 Å². The predicted octanol–water partition coefficient (Wildman–Crippen LogP) is 2.88. The molecule has 0 aliphatic carbocycles. The van der Waals surface area contributed by atoms with Crippen molar-refractivity contribution in [2.75, 3.05) is 27.9 Å². The van der Waals surface area contributed by atoms with Crippen LogP contribution in [0.4, 0.5) is 0 Å². The molecule has 0 saturated carbocycles. The smallest absolute Gasteiger partial charge is 0.243 e. The molecule has 0 fully saturated rings. The lowest BCUT2D eigenvalue weighted by Crippen LogP contribution is -2.32. The molecule has 0 aliphatic rings. The third-order valence-electron chi connectivity index (χ3n) is 4.91. The maximum absolute atomic E-state index is 13.4. The van der Waals surface area contributed by atoms with Crippen molar-refractivity contribution in [1.82, 2.24) is 14.1 Å². The Morgan fingerprint density at radius 3 is 2.23 bits per heavy atom. The standard InChI is InChI=1S/C22H27N3O5S/c1-24-15-18(14-23-24)16-25(31(26,27)20-8-6-19(28-2)7-9-20)12-11-17-5-10-21(29-3)22(13-17)30-4/h5-10,13-15H,11-12,16H2,1-4H3. The lowest BCUT2D eigenvalue weighted by Gasteiger charge is -2.22. The summed E-state index contributed by atoms with van der Waals surface area (Å²) in [5.41, 5.74) is 1.76. The van der Waals surface area contributed by atoms with E-state index in [0.717, 1.165) is 11.1 Å². The van der Waals surface area contributed by atoms with Gasteiger partial charge in [-0.1, -0.05) is 6.07 Å². The molecule has 0 saturated heterocycles. The van der Waals surface area contributed by atoms with Gasteiger partial charge in [-0.05, 0) is 48.4 Å². The Kier molecular flexibility index (Phi) is 7.19. The summed E-state index contributed by atoms with van der Waals surface area (Å²) in [5, 5.41) is 4.16. The first-order chi connectivity index (χ1) is 14.9. The highest BCUT2D eigenvalue weighted by molar-refractivity contribution is 7.89. The Bertz CT molecular complexity index is 1110. The van der Waals surface area contributed by atoms with Crippen molar-refractivity contribution in [3.05, 3.63) is 66.0 Å². The zero-order valence-electron chi connectivity index (χ0n) is 18.1. The number of methoxy groups -OCH3 is 3. The van der Waals surface area contributed by atoms with Gasteiger partial charge in [-0.3, -0.25) is 4.68 Å². The second-order valence-electron chi connectivity index (χ2n) is 6.98. The second kappa shape index (κ2) is 9.84. The van der Waals surface area contributed by atoms with E-state index in [1.165, 1.54) is 4.31 Å². The van der Waals surface area contributed by atoms with Crippen molar-refractivity contribution in [1.29, 1.82) is 0 Å². The van der Waals surface area contributed by atoms with Gasteiger partial charge >= 0.3 is 0 Å². The van der Waals surface area contributed by atoms with Crippen LogP contribution in [0.5, 0.6) is 17.2 Å². The molecule has 1 heterocycles. The van der Waals surface area contributed by atoms with Crippen LogP contribution in [0.25, 0.3) is 0 Å². The predicted molar refractivity (Wildman–Crippen MR) is 117 cm³/mol. The third kappa shape index (κ3) is 5.36. The molecule has 1 aromatic heterocycles.